The smallest absolute Gasteiger partial charge is 0.336 e. The largest absolute Gasteiger partial charge is 0.508 e. The lowest BCUT2D eigenvalue weighted by atomic mass is 9.95. The van der Waals surface area contributed by atoms with Crippen LogP contribution in [0.4, 0.5) is 5.69 Å². The summed E-state index contributed by atoms with van der Waals surface area (Å²) in [6, 6.07) is 17.5. The van der Waals surface area contributed by atoms with Gasteiger partial charge in [0.05, 0.1) is 27.9 Å². The molecule has 0 aliphatic rings. The van der Waals surface area contributed by atoms with Crippen LogP contribution in [0.3, 0.4) is 0 Å². The van der Waals surface area contributed by atoms with E-state index in [0.717, 1.165) is 0 Å². The van der Waals surface area contributed by atoms with Gasteiger partial charge in [0.2, 0.25) is 0 Å². The number of hydrogen-bond donors (Lipinski definition) is 6. The number of hydrogen-bond acceptors (Lipinski definition) is 6. The zero-order valence-electron chi connectivity index (χ0n) is 21.4. The maximum absolute atomic E-state index is 13.2. The first-order chi connectivity index (χ1) is 19.0. The highest BCUT2D eigenvalue weighted by molar-refractivity contribution is 6.12. The Morgan fingerprint density at radius 1 is 0.575 bits per heavy atom. The number of phenols is 2. The normalized spacial score (nSPS) is 10.6. The van der Waals surface area contributed by atoms with E-state index in [1.165, 1.54) is 55.6 Å². The third kappa shape index (κ3) is 5.46. The van der Waals surface area contributed by atoms with Crippen molar-refractivity contribution in [1.29, 1.82) is 0 Å². The minimum absolute atomic E-state index is 0.0274. The van der Waals surface area contributed by atoms with Gasteiger partial charge < -0.3 is 31.1 Å². The van der Waals surface area contributed by atoms with Gasteiger partial charge in [-0.2, -0.15) is 0 Å². The number of aromatic carboxylic acids is 2. The average molecular weight is 541 g/mol. The molecular weight excluding hydrogens is 516 g/mol. The molecule has 2 amide bonds. The number of rotatable bonds is 7. The summed E-state index contributed by atoms with van der Waals surface area (Å²) in [5, 5.41) is 44.6. The average Bonchev–Trinajstić information content (AvgIpc) is 2.94. The van der Waals surface area contributed by atoms with Crippen LogP contribution in [0.25, 0.3) is 22.3 Å². The van der Waals surface area contributed by atoms with Crippen molar-refractivity contribution >= 4 is 29.4 Å². The quantitative estimate of drug-likeness (QED) is 0.182. The lowest BCUT2D eigenvalue weighted by molar-refractivity contribution is 0.0683. The highest BCUT2D eigenvalue weighted by Gasteiger charge is 2.21. The maximum Gasteiger partial charge on any atom is 0.336 e. The molecule has 4 aromatic rings. The molecule has 4 rings (SSSR count). The number of carboxylic acids is 2. The molecule has 0 spiro atoms. The number of carbonyl (C=O) groups excluding carboxylic acids is 2. The predicted molar refractivity (Wildman–Crippen MR) is 147 cm³/mol. The van der Waals surface area contributed by atoms with E-state index in [1.807, 2.05) is 0 Å². The van der Waals surface area contributed by atoms with Gasteiger partial charge in [0.15, 0.2) is 0 Å². The Hall–Kier alpha value is -5.64. The van der Waals surface area contributed by atoms with Crippen LogP contribution in [0.1, 0.15) is 47.0 Å². The number of amides is 2. The van der Waals surface area contributed by atoms with Gasteiger partial charge in [-0.25, -0.2) is 9.59 Å². The SMILES string of the molecule is CNC(=O)c1cc(-c2ccc(C(=O)O)c(C(=O)Nc3ccc(-c4ccc(C)c(O)c4)cc3O)c2)ccc1C(=O)O. The molecule has 10 heteroatoms. The summed E-state index contributed by atoms with van der Waals surface area (Å²) in [5.41, 5.74) is 1.82. The summed E-state index contributed by atoms with van der Waals surface area (Å²) in [7, 11) is 1.36. The standard InChI is InChI=1S/C30H24N2O8/c1-15-3-4-18(13-25(15)33)19-7-10-24(26(34)14-19)32-28(36)23-12-17(6-9-21(23)30(39)40)16-5-8-20(29(37)38)22(11-16)27(35)31-2/h3-14,33-34H,1-2H3,(H,31,35)(H,32,36)(H,37,38)(H,39,40). The Morgan fingerprint density at radius 3 is 1.50 bits per heavy atom. The van der Waals surface area contributed by atoms with Crippen LogP contribution in [-0.4, -0.2) is 51.2 Å². The van der Waals surface area contributed by atoms with Gasteiger partial charge in [-0.15, -0.1) is 0 Å². The van der Waals surface area contributed by atoms with Crippen LogP contribution < -0.4 is 10.6 Å². The molecule has 0 bridgehead atoms. The van der Waals surface area contributed by atoms with Gasteiger partial charge in [0.25, 0.3) is 11.8 Å². The number of aryl methyl sites for hydroxylation is 1. The first-order valence-corrected chi connectivity index (χ1v) is 11.9. The lowest BCUT2D eigenvalue weighted by Crippen LogP contribution is -2.21. The summed E-state index contributed by atoms with van der Waals surface area (Å²) in [5.74, 6) is -4.28. The lowest BCUT2D eigenvalue weighted by Gasteiger charge is -2.13. The zero-order valence-corrected chi connectivity index (χ0v) is 21.4. The molecule has 0 unspecified atom stereocenters. The number of benzene rings is 4. The van der Waals surface area contributed by atoms with Crippen LogP contribution in [-0.2, 0) is 0 Å². The second-order valence-electron chi connectivity index (χ2n) is 8.90. The van der Waals surface area contributed by atoms with Gasteiger partial charge in [-0.05, 0) is 77.2 Å². The molecule has 6 N–H and O–H groups in total. The zero-order chi connectivity index (χ0) is 29.1. The van der Waals surface area contributed by atoms with Crippen LogP contribution in [0.2, 0.25) is 0 Å². The van der Waals surface area contributed by atoms with E-state index >= 15 is 0 Å². The highest BCUT2D eigenvalue weighted by atomic mass is 16.4. The van der Waals surface area contributed by atoms with Crippen molar-refractivity contribution in [2.45, 2.75) is 6.92 Å². The number of carbonyl (C=O) groups is 4. The first-order valence-electron chi connectivity index (χ1n) is 11.9. The van der Waals surface area contributed by atoms with Crippen LogP contribution in [0.15, 0.2) is 72.8 Å². The molecule has 0 fully saturated rings. The molecule has 0 aliphatic carbocycles. The van der Waals surface area contributed by atoms with Crippen molar-refractivity contribution in [3.63, 3.8) is 0 Å². The monoisotopic (exact) mass is 540 g/mol. The van der Waals surface area contributed by atoms with Crippen molar-refractivity contribution in [3.05, 3.63) is 101 Å². The first kappa shape index (κ1) is 27.4. The molecule has 10 nitrogen and oxygen atoms in total. The number of carboxylic acid groups (broad SMARTS) is 2. The Bertz CT molecular complexity index is 1690. The fourth-order valence-electron chi connectivity index (χ4n) is 4.13. The van der Waals surface area contributed by atoms with E-state index in [-0.39, 0.29) is 39.4 Å². The number of aromatic hydroxyl groups is 2. The summed E-state index contributed by atoms with van der Waals surface area (Å²) < 4.78 is 0. The molecule has 4 aromatic carbocycles. The van der Waals surface area contributed by atoms with Crippen LogP contribution in [0.5, 0.6) is 11.5 Å². The molecular formula is C30H24N2O8. The van der Waals surface area contributed by atoms with Gasteiger partial charge in [-0.3, -0.25) is 9.59 Å². The second-order valence-corrected chi connectivity index (χ2v) is 8.90. The highest BCUT2D eigenvalue weighted by Crippen LogP contribution is 2.33. The number of anilines is 1. The van der Waals surface area contributed by atoms with E-state index in [9.17, 15) is 39.6 Å². The molecule has 0 atom stereocenters. The van der Waals surface area contributed by atoms with Crippen molar-refractivity contribution in [3.8, 4) is 33.8 Å². The fraction of sp³-hybridized carbons (Fsp3) is 0.0667. The molecule has 202 valence electrons. The topological polar surface area (TPSA) is 173 Å². The predicted octanol–water partition coefficient (Wildman–Crippen LogP) is 4.75. The molecule has 0 radical (unpaired) electrons. The molecule has 0 heterocycles. The molecule has 0 saturated carbocycles. The fourth-order valence-corrected chi connectivity index (χ4v) is 4.13. The Labute approximate surface area is 228 Å². The van der Waals surface area contributed by atoms with Crippen molar-refractivity contribution < 1.29 is 39.6 Å². The molecule has 0 aliphatic heterocycles. The Kier molecular flexibility index (Phi) is 7.53. The van der Waals surface area contributed by atoms with Crippen molar-refractivity contribution in [2.24, 2.45) is 0 Å². The summed E-state index contributed by atoms with van der Waals surface area (Å²) in [4.78, 5) is 48.9. The van der Waals surface area contributed by atoms with E-state index in [2.05, 4.69) is 10.6 Å². The van der Waals surface area contributed by atoms with Gasteiger partial charge in [0, 0.05) is 7.05 Å². The van der Waals surface area contributed by atoms with E-state index in [1.54, 1.807) is 31.2 Å². The molecule has 0 saturated heterocycles. The number of phenolic OH excluding ortho intramolecular Hbond substituents is 2. The van der Waals surface area contributed by atoms with Gasteiger partial charge in [0.1, 0.15) is 11.5 Å². The molecule has 0 aromatic heterocycles. The summed E-state index contributed by atoms with van der Waals surface area (Å²) >= 11 is 0. The maximum atomic E-state index is 13.2. The Morgan fingerprint density at radius 2 is 1.02 bits per heavy atom. The van der Waals surface area contributed by atoms with Gasteiger partial charge in [-0.1, -0.05) is 30.3 Å². The van der Waals surface area contributed by atoms with E-state index in [4.69, 9.17) is 0 Å². The second kappa shape index (κ2) is 11.0. The summed E-state index contributed by atoms with van der Waals surface area (Å²) in [6.45, 7) is 1.75. The van der Waals surface area contributed by atoms with Crippen molar-refractivity contribution in [2.75, 3.05) is 12.4 Å². The summed E-state index contributed by atoms with van der Waals surface area (Å²) in [6.07, 6.45) is 0. The minimum Gasteiger partial charge on any atom is -0.508 e. The van der Waals surface area contributed by atoms with Crippen LogP contribution >= 0.6 is 0 Å². The third-order valence-electron chi connectivity index (χ3n) is 6.34. The Balaban J connectivity index is 1.69. The third-order valence-corrected chi connectivity index (χ3v) is 6.34. The molecule has 40 heavy (non-hydrogen) atoms. The number of nitrogens with one attached hydrogen (secondary N) is 2. The van der Waals surface area contributed by atoms with Crippen LogP contribution in [0, 0.1) is 6.92 Å². The minimum atomic E-state index is -1.36. The van der Waals surface area contributed by atoms with Crippen molar-refractivity contribution in [1.82, 2.24) is 5.32 Å². The van der Waals surface area contributed by atoms with E-state index < -0.39 is 23.8 Å². The van der Waals surface area contributed by atoms with E-state index in [0.29, 0.717) is 27.8 Å². The van der Waals surface area contributed by atoms with Gasteiger partial charge >= 0.3 is 11.9 Å².